The van der Waals surface area contributed by atoms with E-state index >= 15 is 0 Å². The summed E-state index contributed by atoms with van der Waals surface area (Å²) >= 11 is 3.36. The summed E-state index contributed by atoms with van der Waals surface area (Å²) in [4.78, 5) is 25.4. The van der Waals surface area contributed by atoms with Crippen LogP contribution in [0.25, 0.3) is 0 Å². The zero-order valence-electron chi connectivity index (χ0n) is 13.1. The smallest absolute Gasteiger partial charge is 0.305 e. The van der Waals surface area contributed by atoms with Crippen LogP contribution in [-0.2, 0) is 11.3 Å². The van der Waals surface area contributed by atoms with E-state index in [0.29, 0.717) is 6.54 Å². The van der Waals surface area contributed by atoms with Crippen molar-refractivity contribution in [2.75, 3.05) is 18.9 Å². The lowest BCUT2D eigenvalue weighted by Gasteiger charge is -2.16. The SMILES string of the molecule is CN(CC(=O)NC(=O)Nc1ccccc1F)Cc1ccc(Br)cc1. The molecule has 0 spiro atoms. The number of hydrogen-bond donors (Lipinski definition) is 2. The minimum absolute atomic E-state index is 0.0195. The molecule has 2 rings (SSSR count). The number of para-hydroxylation sites is 1. The van der Waals surface area contributed by atoms with Gasteiger partial charge in [0.1, 0.15) is 5.82 Å². The summed E-state index contributed by atoms with van der Waals surface area (Å²) in [5.74, 6) is -1.03. The molecular weight excluding hydrogens is 377 g/mol. The first-order valence-electron chi connectivity index (χ1n) is 7.22. The second-order valence-electron chi connectivity index (χ2n) is 5.28. The lowest BCUT2D eigenvalue weighted by molar-refractivity contribution is -0.120. The van der Waals surface area contributed by atoms with Crippen molar-refractivity contribution in [1.82, 2.24) is 10.2 Å². The average molecular weight is 394 g/mol. The minimum Gasteiger partial charge on any atom is -0.305 e. The second kappa shape index (κ2) is 8.56. The molecule has 0 aliphatic heterocycles. The van der Waals surface area contributed by atoms with Crippen molar-refractivity contribution < 1.29 is 14.0 Å². The number of hydrogen-bond acceptors (Lipinski definition) is 3. The van der Waals surface area contributed by atoms with E-state index in [1.54, 1.807) is 18.0 Å². The highest BCUT2D eigenvalue weighted by Crippen LogP contribution is 2.12. The zero-order chi connectivity index (χ0) is 17.5. The van der Waals surface area contributed by atoms with E-state index in [2.05, 4.69) is 26.6 Å². The molecule has 24 heavy (non-hydrogen) atoms. The number of urea groups is 1. The maximum Gasteiger partial charge on any atom is 0.326 e. The van der Waals surface area contributed by atoms with E-state index in [-0.39, 0.29) is 12.2 Å². The van der Waals surface area contributed by atoms with Gasteiger partial charge in [-0.3, -0.25) is 15.0 Å². The first-order chi connectivity index (χ1) is 11.4. The third-order valence-corrected chi connectivity index (χ3v) is 3.68. The molecule has 7 heteroatoms. The fourth-order valence-electron chi connectivity index (χ4n) is 2.08. The Hall–Kier alpha value is -2.25. The highest BCUT2D eigenvalue weighted by Gasteiger charge is 2.12. The number of nitrogens with one attached hydrogen (secondary N) is 2. The van der Waals surface area contributed by atoms with E-state index in [1.807, 2.05) is 24.3 Å². The van der Waals surface area contributed by atoms with Crippen LogP contribution in [0.2, 0.25) is 0 Å². The molecule has 0 atom stereocenters. The lowest BCUT2D eigenvalue weighted by Crippen LogP contribution is -2.40. The maximum atomic E-state index is 13.4. The van der Waals surface area contributed by atoms with E-state index in [0.717, 1.165) is 10.0 Å². The van der Waals surface area contributed by atoms with Crippen molar-refractivity contribution in [3.05, 3.63) is 64.4 Å². The van der Waals surface area contributed by atoms with Crippen molar-refractivity contribution in [2.24, 2.45) is 0 Å². The van der Waals surface area contributed by atoms with Crippen LogP contribution >= 0.6 is 15.9 Å². The van der Waals surface area contributed by atoms with Gasteiger partial charge in [-0.25, -0.2) is 9.18 Å². The summed E-state index contributed by atoms with van der Waals surface area (Å²) in [6, 6.07) is 12.7. The first-order valence-corrected chi connectivity index (χ1v) is 8.01. The van der Waals surface area contributed by atoms with Gasteiger partial charge in [0.05, 0.1) is 12.2 Å². The van der Waals surface area contributed by atoms with Crippen molar-refractivity contribution in [2.45, 2.75) is 6.54 Å². The zero-order valence-corrected chi connectivity index (χ0v) is 14.6. The Morgan fingerprint density at radius 3 is 2.46 bits per heavy atom. The van der Waals surface area contributed by atoms with E-state index in [9.17, 15) is 14.0 Å². The van der Waals surface area contributed by atoms with Gasteiger partial charge >= 0.3 is 6.03 Å². The van der Waals surface area contributed by atoms with Crippen LogP contribution < -0.4 is 10.6 Å². The average Bonchev–Trinajstić information content (AvgIpc) is 2.51. The maximum absolute atomic E-state index is 13.4. The number of halogens is 2. The van der Waals surface area contributed by atoms with Crippen LogP contribution in [-0.4, -0.2) is 30.4 Å². The molecule has 2 aromatic carbocycles. The molecule has 2 N–H and O–H groups in total. The fourth-order valence-corrected chi connectivity index (χ4v) is 2.35. The predicted molar refractivity (Wildman–Crippen MR) is 94.0 cm³/mol. The molecular formula is C17H17BrFN3O2. The number of imide groups is 1. The van der Waals surface area contributed by atoms with E-state index < -0.39 is 17.8 Å². The molecule has 0 aliphatic carbocycles. The second-order valence-corrected chi connectivity index (χ2v) is 6.20. The molecule has 0 unspecified atom stereocenters. The molecule has 0 heterocycles. The van der Waals surface area contributed by atoms with Crippen LogP contribution in [0, 0.1) is 5.82 Å². The Morgan fingerprint density at radius 2 is 1.79 bits per heavy atom. The number of amides is 3. The van der Waals surface area contributed by atoms with Gasteiger partial charge < -0.3 is 5.32 Å². The van der Waals surface area contributed by atoms with Crippen molar-refractivity contribution in [3.8, 4) is 0 Å². The third kappa shape index (κ3) is 5.75. The van der Waals surface area contributed by atoms with Gasteiger partial charge in [-0.1, -0.05) is 40.2 Å². The Balaban J connectivity index is 1.80. The summed E-state index contributed by atoms with van der Waals surface area (Å²) in [5.41, 5.74) is 1.07. The number of nitrogens with zero attached hydrogens (tertiary/aromatic N) is 1. The number of benzene rings is 2. The summed E-state index contributed by atoms with van der Waals surface area (Å²) < 4.78 is 14.4. The quantitative estimate of drug-likeness (QED) is 0.818. The van der Waals surface area contributed by atoms with Crippen molar-refractivity contribution in [1.29, 1.82) is 0 Å². The standard InChI is InChI=1S/C17H17BrFN3O2/c1-22(10-12-6-8-13(18)9-7-12)11-16(23)21-17(24)20-15-5-3-2-4-14(15)19/h2-9H,10-11H2,1H3,(H2,20,21,23,24). The minimum atomic E-state index is -0.762. The number of anilines is 1. The Kier molecular flexibility index (Phi) is 6.45. The van der Waals surface area contributed by atoms with Crippen LogP contribution in [0.15, 0.2) is 53.0 Å². The van der Waals surface area contributed by atoms with Gasteiger partial charge in [-0.2, -0.15) is 0 Å². The number of rotatable bonds is 5. The lowest BCUT2D eigenvalue weighted by atomic mass is 10.2. The molecule has 3 amide bonds. The molecule has 0 bridgehead atoms. The van der Waals surface area contributed by atoms with Gasteiger partial charge in [-0.15, -0.1) is 0 Å². The van der Waals surface area contributed by atoms with Crippen LogP contribution in [0.1, 0.15) is 5.56 Å². The fraction of sp³-hybridized carbons (Fsp3) is 0.176. The third-order valence-electron chi connectivity index (χ3n) is 3.15. The van der Waals surface area contributed by atoms with Crippen molar-refractivity contribution >= 4 is 33.6 Å². The van der Waals surface area contributed by atoms with Gasteiger partial charge in [0.15, 0.2) is 0 Å². The van der Waals surface area contributed by atoms with Gasteiger partial charge in [0.2, 0.25) is 5.91 Å². The van der Waals surface area contributed by atoms with E-state index in [1.165, 1.54) is 18.2 Å². The highest BCUT2D eigenvalue weighted by atomic mass is 79.9. The topological polar surface area (TPSA) is 61.4 Å². The molecule has 126 valence electrons. The Labute approximate surface area is 148 Å². The van der Waals surface area contributed by atoms with Crippen LogP contribution in [0.5, 0.6) is 0 Å². The molecule has 0 radical (unpaired) electrons. The van der Waals surface area contributed by atoms with Crippen molar-refractivity contribution in [3.63, 3.8) is 0 Å². The molecule has 5 nitrogen and oxygen atoms in total. The van der Waals surface area contributed by atoms with Gasteiger partial charge in [0, 0.05) is 11.0 Å². The predicted octanol–water partition coefficient (Wildman–Crippen LogP) is 3.37. The van der Waals surface area contributed by atoms with Gasteiger partial charge in [-0.05, 0) is 36.9 Å². The monoisotopic (exact) mass is 393 g/mol. The summed E-state index contributed by atoms with van der Waals surface area (Å²) in [6.45, 7) is 0.608. The Morgan fingerprint density at radius 1 is 1.12 bits per heavy atom. The molecule has 0 aliphatic rings. The largest absolute Gasteiger partial charge is 0.326 e. The molecule has 0 fully saturated rings. The van der Waals surface area contributed by atoms with Gasteiger partial charge in [0.25, 0.3) is 0 Å². The van der Waals surface area contributed by atoms with E-state index in [4.69, 9.17) is 0 Å². The molecule has 0 aromatic heterocycles. The highest BCUT2D eigenvalue weighted by molar-refractivity contribution is 9.10. The number of likely N-dealkylation sites (N-methyl/N-ethyl adjacent to an activating group) is 1. The molecule has 0 saturated carbocycles. The molecule has 2 aromatic rings. The summed E-state index contributed by atoms with van der Waals surface area (Å²) in [6.07, 6.45) is 0. The number of carbonyl (C=O) groups is 2. The van der Waals surface area contributed by atoms with Crippen LogP contribution in [0.4, 0.5) is 14.9 Å². The van der Waals surface area contributed by atoms with Crippen LogP contribution in [0.3, 0.4) is 0 Å². The molecule has 0 saturated heterocycles. The summed E-state index contributed by atoms with van der Waals surface area (Å²) in [7, 11) is 1.77. The normalized spacial score (nSPS) is 10.5. The first kappa shape index (κ1) is 18.1. The summed E-state index contributed by atoms with van der Waals surface area (Å²) in [5, 5.41) is 4.48. The Bertz CT molecular complexity index is 722. The number of carbonyl (C=O) groups excluding carboxylic acids is 2.